The number of hydrogen-bond donors (Lipinski definition) is 1. The molecule has 2 heterocycles. The van der Waals surface area contributed by atoms with Crippen LogP contribution in [0.3, 0.4) is 0 Å². The quantitative estimate of drug-likeness (QED) is 0.788. The Morgan fingerprint density at radius 1 is 1.15 bits per heavy atom. The standard InChI is InChI=1S/C21H20N2O3/c1-2-14-6-5-7-15(10-14)26-16-12-23(13-16)21(25)18-11-20(24)22-19-9-4-3-8-17(18)19/h3-11,16H,2,12-13H2,1H3,(H,22,24). The molecule has 1 aliphatic rings. The van der Waals surface area contributed by atoms with Crippen molar-refractivity contribution in [3.05, 3.63) is 76.1 Å². The smallest absolute Gasteiger partial charge is 0.255 e. The number of likely N-dealkylation sites (tertiary alicyclic amines) is 1. The summed E-state index contributed by atoms with van der Waals surface area (Å²) in [5.74, 6) is 0.706. The molecule has 1 aromatic heterocycles. The van der Waals surface area contributed by atoms with Crippen LogP contribution in [0.15, 0.2) is 59.4 Å². The minimum Gasteiger partial charge on any atom is -0.487 e. The lowest BCUT2D eigenvalue weighted by Crippen LogP contribution is -2.56. The number of aryl methyl sites for hydroxylation is 1. The van der Waals surface area contributed by atoms with Crippen molar-refractivity contribution in [1.82, 2.24) is 9.88 Å². The summed E-state index contributed by atoms with van der Waals surface area (Å²) in [5.41, 5.74) is 2.07. The molecule has 0 radical (unpaired) electrons. The molecule has 5 nitrogen and oxygen atoms in total. The van der Waals surface area contributed by atoms with Gasteiger partial charge in [-0.3, -0.25) is 9.59 Å². The number of carbonyl (C=O) groups is 1. The molecule has 1 fully saturated rings. The number of nitrogens with one attached hydrogen (secondary N) is 1. The van der Waals surface area contributed by atoms with Gasteiger partial charge in [-0.05, 0) is 30.2 Å². The van der Waals surface area contributed by atoms with Gasteiger partial charge in [0.05, 0.1) is 18.7 Å². The van der Waals surface area contributed by atoms with E-state index >= 15 is 0 Å². The van der Waals surface area contributed by atoms with Crippen molar-refractivity contribution >= 4 is 16.8 Å². The maximum absolute atomic E-state index is 12.8. The predicted octanol–water partition coefficient (Wildman–Crippen LogP) is 2.99. The lowest BCUT2D eigenvalue weighted by Gasteiger charge is -2.39. The molecule has 1 amide bonds. The van der Waals surface area contributed by atoms with Crippen molar-refractivity contribution in [2.24, 2.45) is 0 Å². The average Bonchev–Trinajstić information content (AvgIpc) is 2.63. The number of nitrogens with zero attached hydrogens (tertiary/aromatic N) is 1. The predicted molar refractivity (Wildman–Crippen MR) is 101 cm³/mol. The number of amides is 1. The van der Waals surface area contributed by atoms with Crippen molar-refractivity contribution in [3.63, 3.8) is 0 Å². The van der Waals surface area contributed by atoms with Crippen molar-refractivity contribution in [2.75, 3.05) is 13.1 Å². The number of para-hydroxylation sites is 1. The first-order valence-corrected chi connectivity index (χ1v) is 8.81. The Morgan fingerprint density at radius 3 is 2.77 bits per heavy atom. The Balaban J connectivity index is 1.47. The largest absolute Gasteiger partial charge is 0.487 e. The van der Waals surface area contributed by atoms with Gasteiger partial charge >= 0.3 is 0 Å². The zero-order chi connectivity index (χ0) is 18.1. The second kappa shape index (κ2) is 6.67. The summed E-state index contributed by atoms with van der Waals surface area (Å²) >= 11 is 0. The fourth-order valence-corrected chi connectivity index (χ4v) is 3.26. The van der Waals surface area contributed by atoms with Gasteiger partial charge in [-0.1, -0.05) is 37.3 Å². The number of hydrogen-bond acceptors (Lipinski definition) is 3. The van der Waals surface area contributed by atoms with Crippen LogP contribution in [0, 0.1) is 0 Å². The van der Waals surface area contributed by atoms with E-state index in [9.17, 15) is 9.59 Å². The first kappa shape index (κ1) is 16.4. The molecule has 1 N–H and O–H groups in total. The number of rotatable bonds is 4. The molecule has 0 spiro atoms. The third-order valence-electron chi connectivity index (χ3n) is 4.73. The van der Waals surface area contributed by atoms with Gasteiger partial charge in [-0.25, -0.2) is 0 Å². The molecule has 2 aromatic carbocycles. The van der Waals surface area contributed by atoms with E-state index in [2.05, 4.69) is 18.0 Å². The first-order chi connectivity index (χ1) is 12.6. The number of aromatic amines is 1. The third kappa shape index (κ3) is 3.08. The molecule has 5 heteroatoms. The zero-order valence-electron chi connectivity index (χ0n) is 14.6. The topological polar surface area (TPSA) is 62.4 Å². The van der Waals surface area contributed by atoms with Crippen molar-refractivity contribution in [2.45, 2.75) is 19.4 Å². The Kier molecular flexibility index (Phi) is 4.21. The molecule has 4 rings (SSSR count). The van der Waals surface area contributed by atoms with Crippen LogP contribution in [0.1, 0.15) is 22.8 Å². The molecule has 1 saturated heterocycles. The van der Waals surface area contributed by atoms with Gasteiger partial charge in [0.25, 0.3) is 5.91 Å². The molecular formula is C21H20N2O3. The molecule has 3 aromatic rings. The van der Waals surface area contributed by atoms with E-state index in [-0.39, 0.29) is 17.6 Å². The fourth-order valence-electron chi connectivity index (χ4n) is 3.26. The highest BCUT2D eigenvalue weighted by Crippen LogP contribution is 2.23. The number of carbonyl (C=O) groups excluding carboxylic acids is 1. The molecule has 0 bridgehead atoms. The molecular weight excluding hydrogens is 328 g/mol. The average molecular weight is 348 g/mol. The monoisotopic (exact) mass is 348 g/mol. The SMILES string of the molecule is CCc1cccc(OC2CN(C(=O)c3cc(=O)[nH]c4ccccc34)C2)c1. The van der Waals surface area contributed by atoms with Crippen LogP contribution in [0.4, 0.5) is 0 Å². The highest BCUT2D eigenvalue weighted by Gasteiger charge is 2.33. The Hall–Kier alpha value is -3.08. The van der Waals surface area contributed by atoms with E-state index < -0.39 is 0 Å². The summed E-state index contributed by atoms with van der Waals surface area (Å²) in [6, 6.07) is 16.8. The second-order valence-corrected chi connectivity index (χ2v) is 6.54. The minimum absolute atomic E-state index is 0.0145. The first-order valence-electron chi connectivity index (χ1n) is 8.81. The number of benzene rings is 2. The van der Waals surface area contributed by atoms with Crippen LogP contribution in [-0.4, -0.2) is 35.0 Å². The zero-order valence-corrected chi connectivity index (χ0v) is 14.6. The van der Waals surface area contributed by atoms with Gasteiger partial charge < -0.3 is 14.6 Å². The van der Waals surface area contributed by atoms with Gasteiger partial charge in [-0.2, -0.15) is 0 Å². The normalized spacial score (nSPS) is 14.3. The Labute approximate surface area is 151 Å². The summed E-state index contributed by atoms with van der Waals surface area (Å²) < 4.78 is 5.96. The Morgan fingerprint density at radius 2 is 1.96 bits per heavy atom. The summed E-state index contributed by atoms with van der Waals surface area (Å²) in [5, 5.41) is 0.761. The van der Waals surface area contributed by atoms with Crippen LogP contribution in [0.25, 0.3) is 10.9 Å². The minimum atomic E-state index is -0.267. The lowest BCUT2D eigenvalue weighted by molar-refractivity contribution is 0.0179. The van der Waals surface area contributed by atoms with Crippen molar-refractivity contribution in [1.29, 1.82) is 0 Å². The maximum atomic E-state index is 12.8. The summed E-state index contributed by atoms with van der Waals surface area (Å²) in [6.45, 7) is 3.15. The van der Waals surface area contributed by atoms with E-state index in [0.717, 1.165) is 17.6 Å². The van der Waals surface area contributed by atoms with E-state index in [1.54, 1.807) is 11.0 Å². The van der Waals surface area contributed by atoms with Gasteiger partial charge in [-0.15, -0.1) is 0 Å². The van der Waals surface area contributed by atoms with Crippen LogP contribution in [-0.2, 0) is 6.42 Å². The number of aromatic nitrogens is 1. The van der Waals surface area contributed by atoms with E-state index in [1.807, 2.05) is 36.4 Å². The fraction of sp³-hybridized carbons (Fsp3) is 0.238. The Bertz CT molecular complexity index is 1020. The number of H-pyrrole nitrogens is 1. The molecule has 0 unspecified atom stereocenters. The second-order valence-electron chi connectivity index (χ2n) is 6.54. The van der Waals surface area contributed by atoms with Crippen LogP contribution >= 0.6 is 0 Å². The van der Waals surface area contributed by atoms with E-state index in [4.69, 9.17) is 4.74 Å². The maximum Gasteiger partial charge on any atom is 0.255 e. The summed E-state index contributed by atoms with van der Waals surface area (Å²) in [6.07, 6.45) is 0.946. The molecule has 0 aliphatic carbocycles. The molecule has 132 valence electrons. The van der Waals surface area contributed by atoms with Gasteiger partial charge in [0.2, 0.25) is 5.56 Å². The molecule has 0 saturated carbocycles. The number of pyridine rings is 1. The van der Waals surface area contributed by atoms with Crippen molar-refractivity contribution in [3.8, 4) is 5.75 Å². The molecule has 0 atom stereocenters. The summed E-state index contributed by atoms with van der Waals surface area (Å²) in [4.78, 5) is 29.1. The lowest BCUT2D eigenvalue weighted by atomic mass is 10.0. The third-order valence-corrected chi connectivity index (χ3v) is 4.73. The van der Waals surface area contributed by atoms with Crippen molar-refractivity contribution < 1.29 is 9.53 Å². The summed E-state index contributed by atoms with van der Waals surface area (Å²) in [7, 11) is 0. The van der Waals surface area contributed by atoms with E-state index in [0.29, 0.717) is 24.2 Å². The molecule has 1 aliphatic heterocycles. The van der Waals surface area contributed by atoms with Gasteiger partial charge in [0.15, 0.2) is 0 Å². The van der Waals surface area contributed by atoms with Gasteiger partial charge in [0.1, 0.15) is 11.9 Å². The number of fused-ring (bicyclic) bond motifs is 1. The number of ether oxygens (including phenoxy) is 1. The molecule has 26 heavy (non-hydrogen) atoms. The van der Waals surface area contributed by atoms with Crippen LogP contribution in [0.5, 0.6) is 5.75 Å². The van der Waals surface area contributed by atoms with Crippen LogP contribution in [0.2, 0.25) is 0 Å². The highest BCUT2D eigenvalue weighted by molar-refractivity contribution is 6.06. The van der Waals surface area contributed by atoms with Gasteiger partial charge in [0, 0.05) is 17.0 Å². The van der Waals surface area contributed by atoms with E-state index in [1.165, 1.54) is 11.6 Å². The highest BCUT2D eigenvalue weighted by atomic mass is 16.5. The van der Waals surface area contributed by atoms with Crippen LogP contribution < -0.4 is 10.3 Å².